The molecule has 0 fully saturated rings. The smallest absolute Gasteiger partial charge is 0.264 e. The van der Waals surface area contributed by atoms with Crippen LogP contribution in [0.1, 0.15) is 12.5 Å². The first-order valence-corrected chi connectivity index (χ1v) is 10.2. The Hall–Kier alpha value is -2.58. The Balaban J connectivity index is 1.43. The molecule has 0 spiro atoms. The SMILES string of the molecule is CCSc1nnc(NC(=O)COc2ccc(OCc3ccccc3)cc2)s1. The molecule has 8 heteroatoms. The molecule has 0 aliphatic carbocycles. The third-order valence-corrected chi connectivity index (χ3v) is 5.22. The lowest BCUT2D eigenvalue weighted by molar-refractivity contribution is -0.118. The lowest BCUT2D eigenvalue weighted by atomic mass is 10.2. The summed E-state index contributed by atoms with van der Waals surface area (Å²) in [5, 5.41) is 11.1. The number of hydrogen-bond acceptors (Lipinski definition) is 7. The first-order valence-electron chi connectivity index (χ1n) is 8.38. The van der Waals surface area contributed by atoms with Gasteiger partial charge in [-0.3, -0.25) is 10.1 Å². The van der Waals surface area contributed by atoms with Gasteiger partial charge < -0.3 is 9.47 Å². The molecular formula is C19H19N3O3S2. The lowest BCUT2D eigenvalue weighted by Gasteiger charge is -2.08. The van der Waals surface area contributed by atoms with Gasteiger partial charge in [-0.15, -0.1) is 10.2 Å². The maximum absolute atomic E-state index is 12.0. The number of rotatable bonds is 9. The summed E-state index contributed by atoms with van der Waals surface area (Å²) in [5.74, 6) is 1.97. The summed E-state index contributed by atoms with van der Waals surface area (Å²) >= 11 is 2.94. The molecule has 0 bridgehead atoms. The monoisotopic (exact) mass is 401 g/mol. The molecule has 3 aromatic rings. The molecule has 0 saturated carbocycles. The number of nitrogens with zero attached hydrogens (tertiary/aromatic N) is 2. The second-order valence-electron chi connectivity index (χ2n) is 5.39. The predicted octanol–water partition coefficient (Wildman–Crippen LogP) is 4.25. The van der Waals surface area contributed by atoms with Crippen LogP contribution in [-0.2, 0) is 11.4 Å². The summed E-state index contributed by atoms with van der Waals surface area (Å²) in [7, 11) is 0. The number of carbonyl (C=O) groups excluding carboxylic acids is 1. The molecular weight excluding hydrogens is 382 g/mol. The Labute approximate surface area is 165 Å². The van der Waals surface area contributed by atoms with E-state index in [0.717, 1.165) is 21.4 Å². The fourth-order valence-electron chi connectivity index (χ4n) is 2.12. The maximum Gasteiger partial charge on any atom is 0.264 e. The Morgan fingerprint density at radius 3 is 2.44 bits per heavy atom. The van der Waals surface area contributed by atoms with E-state index in [2.05, 4.69) is 15.5 Å². The first kappa shape index (κ1) is 19.2. The molecule has 1 aromatic heterocycles. The van der Waals surface area contributed by atoms with Crippen molar-refractivity contribution in [3.63, 3.8) is 0 Å². The normalized spacial score (nSPS) is 10.4. The minimum atomic E-state index is -0.274. The van der Waals surface area contributed by atoms with Crippen molar-refractivity contribution in [1.82, 2.24) is 10.2 Å². The molecule has 0 aliphatic rings. The average molecular weight is 402 g/mol. The fraction of sp³-hybridized carbons (Fsp3) is 0.211. The minimum Gasteiger partial charge on any atom is -0.489 e. The summed E-state index contributed by atoms with van der Waals surface area (Å²) in [6.45, 7) is 2.44. The number of nitrogens with one attached hydrogen (secondary N) is 1. The highest BCUT2D eigenvalue weighted by atomic mass is 32.2. The molecule has 0 saturated heterocycles. The van der Waals surface area contributed by atoms with E-state index in [9.17, 15) is 4.79 Å². The molecule has 2 aromatic carbocycles. The van der Waals surface area contributed by atoms with Crippen LogP contribution in [0.15, 0.2) is 58.9 Å². The first-order chi connectivity index (χ1) is 13.2. The van der Waals surface area contributed by atoms with Crippen molar-refractivity contribution >= 4 is 34.1 Å². The fourth-order valence-corrected chi connectivity index (χ4v) is 3.78. The van der Waals surface area contributed by atoms with Gasteiger partial charge in [0.2, 0.25) is 5.13 Å². The van der Waals surface area contributed by atoms with E-state index in [-0.39, 0.29) is 12.5 Å². The van der Waals surface area contributed by atoms with E-state index in [1.807, 2.05) is 49.4 Å². The van der Waals surface area contributed by atoms with Crippen LogP contribution in [0, 0.1) is 0 Å². The second kappa shape index (κ2) is 9.94. The van der Waals surface area contributed by atoms with Crippen molar-refractivity contribution in [2.75, 3.05) is 17.7 Å². The van der Waals surface area contributed by atoms with Crippen LogP contribution in [-0.4, -0.2) is 28.5 Å². The van der Waals surface area contributed by atoms with Crippen LogP contribution in [0.2, 0.25) is 0 Å². The lowest BCUT2D eigenvalue weighted by Crippen LogP contribution is -2.20. The van der Waals surface area contributed by atoms with Crippen molar-refractivity contribution in [3.8, 4) is 11.5 Å². The van der Waals surface area contributed by atoms with E-state index in [0.29, 0.717) is 17.5 Å². The number of carbonyl (C=O) groups is 1. The number of ether oxygens (including phenoxy) is 2. The van der Waals surface area contributed by atoms with Gasteiger partial charge >= 0.3 is 0 Å². The van der Waals surface area contributed by atoms with Crippen LogP contribution in [0.5, 0.6) is 11.5 Å². The molecule has 0 unspecified atom stereocenters. The molecule has 1 amide bonds. The standard InChI is InChI=1S/C19H19N3O3S2/c1-2-26-19-22-21-18(27-19)20-17(23)13-25-16-10-8-15(9-11-16)24-12-14-6-4-3-5-7-14/h3-11H,2,12-13H2,1H3,(H,20,21,23). The highest BCUT2D eigenvalue weighted by Crippen LogP contribution is 2.25. The molecule has 0 aliphatic heterocycles. The van der Waals surface area contributed by atoms with Gasteiger partial charge in [0, 0.05) is 0 Å². The van der Waals surface area contributed by atoms with Crippen molar-refractivity contribution in [2.45, 2.75) is 17.9 Å². The van der Waals surface area contributed by atoms with Crippen LogP contribution < -0.4 is 14.8 Å². The molecule has 140 valence electrons. The van der Waals surface area contributed by atoms with Gasteiger partial charge in [0.05, 0.1) is 0 Å². The van der Waals surface area contributed by atoms with E-state index < -0.39 is 0 Å². The Bertz CT molecular complexity index is 854. The van der Waals surface area contributed by atoms with E-state index in [4.69, 9.17) is 9.47 Å². The van der Waals surface area contributed by atoms with Gasteiger partial charge in [-0.2, -0.15) is 0 Å². The molecule has 6 nitrogen and oxygen atoms in total. The third-order valence-electron chi connectivity index (χ3n) is 3.36. The zero-order chi connectivity index (χ0) is 18.9. The molecule has 3 rings (SSSR count). The highest BCUT2D eigenvalue weighted by molar-refractivity contribution is 8.01. The Kier molecular flexibility index (Phi) is 7.06. The number of hydrogen-bond donors (Lipinski definition) is 1. The molecule has 27 heavy (non-hydrogen) atoms. The summed E-state index contributed by atoms with van der Waals surface area (Å²) < 4.78 is 12.1. The van der Waals surface area contributed by atoms with Crippen molar-refractivity contribution in [3.05, 3.63) is 60.2 Å². The largest absolute Gasteiger partial charge is 0.489 e. The van der Waals surface area contributed by atoms with Crippen LogP contribution >= 0.6 is 23.1 Å². The quantitative estimate of drug-likeness (QED) is 0.427. The van der Waals surface area contributed by atoms with Gasteiger partial charge in [0.15, 0.2) is 10.9 Å². The van der Waals surface area contributed by atoms with Gasteiger partial charge in [0.25, 0.3) is 5.91 Å². The van der Waals surface area contributed by atoms with E-state index in [1.165, 1.54) is 11.3 Å². The van der Waals surface area contributed by atoms with Crippen molar-refractivity contribution in [2.24, 2.45) is 0 Å². The Morgan fingerprint density at radius 2 is 1.74 bits per heavy atom. The number of amides is 1. The van der Waals surface area contributed by atoms with E-state index >= 15 is 0 Å². The third kappa shape index (κ3) is 6.26. The topological polar surface area (TPSA) is 73.3 Å². The van der Waals surface area contributed by atoms with Crippen LogP contribution in [0.4, 0.5) is 5.13 Å². The van der Waals surface area contributed by atoms with Gasteiger partial charge in [-0.1, -0.05) is 60.4 Å². The number of aromatic nitrogens is 2. The summed E-state index contributed by atoms with van der Waals surface area (Å²) in [6.07, 6.45) is 0. The minimum absolute atomic E-state index is 0.0972. The maximum atomic E-state index is 12.0. The molecule has 1 heterocycles. The van der Waals surface area contributed by atoms with Gasteiger partial charge in [-0.25, -0.2) is 0 Å². The molecule has 0 atom stereocenters. The van der Waals surface area contributed by atoms with Gasteiger partial charge in [0.1, 0.15) is 18.1 Å². The second-order valence-corrected chi connectivity index (χ2v) is 7.88. The Morgan fingerprint density at radius 1 is 1.04 bits per heavy atom. The zero-order valence-electron chi connectivity index (χ0n) is 14.8. The zero-order valence-corrected chi connectivity index (χ0v) is 16.4. The number of benzene rings is 2. The van der Waals surface area contributed by atoms with Crippen molar-refractivity contribution in [1.29, 1.82) is 0 Å². The van der Waals surface area contributed by atoms with Crippen LogP contribution in [0.25, 0.3) is 0 Å². The predicted molar refractivity (Wildman–Crippen MR) is 108 cm³/mol. The van der Waals surface area contributed by atoms with Crippen molar-refractivity contribution < 1.29 is 14.3 Å². The molecule has 0 radical (unpaired) electrons. The van der Waals surface area contributed by atoms with Gasteiger partial charge in [-0.05, 0) is 35.6 Å². The number of anilines is 1. The average Bonchev–Trinajstić information content (AvgIpc) is 3.13. The highest BCUT2D eigenvalue weighted by Gasteiger charge is 2.09. The number of thioether (sulfide) groups is 1. The summed E-state index contributed by atoms with van der Waals surface area (Å²) in [4.78, 5) is 12.0. The molecule has 1 N–H and O–H groups in total. The van der Waals surface area contributed by atoms with E-state index in [1.54, 1.807) is 23.9 Å². The summed E-state index contributed by atoms with van der Waals surface area (Å²) in [5.41, 5.74) is 1.10. The summed E-state index contributed by atoms with van der Waals surface area (Å²) in [6, 6.07) is 17.1. The van der Waals surface area contributed by atoms with Crippen LogP contribution in [0.3, 0.4) is 0 Å².